The maximum absolute atomic E-state index is 13.0. The second-order valence-electron chi connectivity index (χ2n) is 4.29. The molecule has 0 saturated heterocycles. The molecule has 2 aromatic carbocycles. The fourth-order valence-electron chi connectivity index (χ4n) is 1.98. The number of aliphatic hydroxyl groups excluding tert-OH is 1. The lowest BCUT2D eigenvalue weighted by atomic mass is 10.0. The summed E-state index contributed by atoms with van der Waals surface area (Å²) < 4.78 is 38.3. The number of aliphatic hydroxyl groups is 1. The van der Waals surface area contributed by atoms with Gasteiger partial charge in [0.15, 0.2) is 0 Å². The van der Waals surface area contributed by atoms with Crippen molar-refractivity contribution in [3.8, 4) is 0 Å². The third-order valence-electron chi connectivity index (χ3n) is 2.90. The summed E-state index contributed by atoms with van der Waals surface area (Å²) in [7, 11) is -1.37. The smallest absolute Gasteiger partial charge is 0.123 e. The largest absolute Gasteiger partial charge is 0.395 e. The van der Waals surface area contributed by atoms with E-state index in [0.29, 0.717) is 11.1 Å². The van der Waals surface area contributed by atoms with Crippen molar-refractivity contribution in [2.24, 2.45) is 0 Å². The molecule has 0 aromatic heterocycles. The highest BCUT2D eigenvalue weighted by Gasteiger charge is 2.21. The van der Waals surface area contributed by atoms with Crippen molar-refractivity contribution >= 4 is 10.8 Å². The number of halogens is 2. The molecule has 2 aromatic rings. The van der Waals surface area contributed by atoms with E-state index < -0.39 is 16.0 Å². The molecule has 20 heavy (non-hydrogen) atoms. The molecule has 0 aliphatic carbocycles. The van der Waals surface area contributed by atoms with E-state index in [1.54, 1.807) is 24.3 Å². The summed E-state index contributed by atoms with van der Waals surface area (Å²) in [5, 5.41) is 8.44. The van der Waals surface area contributed by atoms with E-state index in [0.717, 1.165) is 0 Å². The first-order valence-electron chi connectivity index (χ1n) is 6.11. The molecule has 0 fully saturated rings. The van der Waals surface area contributed by atoms with E-state index in [9.17, 15) is 13.0 Å². The molecule has 0 saturated carbocycles. The average molecular weight is 296 g/mol. The highest BCUT2D eigenvalue weighted by molar-refractivity contribution is 7.85. The normalized spacial score (nSPS) is 12.6. The van der Waals surface area contributed by atoms with E-state index in [-0.39, 0.29) is 24.0 Å². The van der Waals surface area contributed by atoms with Crippen LogP contribution < -0.4 is 0 Å². The van der Waals surface area contributed by atoms with Crippen molar-refractivity contribution in [2.75, 3.05) is 12.4 Å². The van der Waals surface area contributed by atoms with Crippen LogP contribution in [0.5, 0.6) is 0 Å². The molecule has 0 unspecified atom stereocenters. The molecule has 2 rings (SSSR count). The minimum Gasteiger partial charge on any atom is -0.395 e. The summed E-state index contributed by atoms with van der Waals surface area (Å²) in [4.78, 5) is 0. The Morgan fingerprint density at radius 2 is 1.30 bits per heavy atom. The van der Waals surface area contributed by atoms with Gasteiger partial charge in [-0.25, -0.2) is 8.78 Å². The quantitative estimate of drug-likeness (QED) is 0.921. The van der Waals surface area contributed by atoms with Crippen molar-refractivity contribution < 1.29 is 18.1 Å². The van der Waals surface area contributed by atoms with Crippen LogP contribution in [0.25, 0.3) is 0 Å². The van der Waals surface area contributed by atoms with Gasteiger partial charge in [-0.15, -0.1) is 0 Å². The van der Waals surface area contributed by atoms with Gasteiger partial charge in [0.1, 0.15) is 11.6 Å². The van der Waals surface area contributed by atoms with E-state index in [4.69, 9.17) is 5.11 Å². The third kappa shape index (κ3) is 3.49. The van der Waals surface area contributed by atoms with Crippen molar-refractivity contribution in [2.45, 2.75) is 5.25 Å². The van der Waals surface area contributed by atoms with Crippen LogP contribution in [-0.4, -0.2) is 21.7 Å². The number of hydrogen-bond donors (Lipinski definition) is 1. The first-order valence-corrected chi connectivity index (χ1v) is 7.49. The maximum atomic E-state index is 13.0. The summed E-state index contributed by atoms with van der Waals surface area (Å²) in [5.74, 6) is -0.640. The zero-order chi connectivity index (χ0) is 14.5. The van der Waals surface area contributed by atoms with Gasteiger partial charge in [0, 0.05) is 16.6 Å². The summed E-state index contributed by atoms with van der Waals surface area (Å²) in [5.41, 5.74) is 1.34. The molecule has 0 heterocycles. The molecule has 106 valence electrons. The summed E-state index contributed by atoms with van der Waals surface area (Å²) in [6, 6.07) is 11.4. The van der Waals surface area contributed by atoms with Gasteiger partial charge in [-0.05, 0) is 35.4 Å². The van der Waals surface area contributed by atoms with Gasteiger partial charge in [0.2, 0.25) is 0 Å². The summed E-state index contributed by atoms with van der Waals surface area (Å²) in [6.45, 7) is -0.203. The maximum Gasteiger partial charge on any atom is 0.123 e. The van der Waals surface area contributed by atoms with Crippen LogP contribution in [-0.2, 0) is 10.8 Å². The van der Waals surface area contributed by atoms with Crippen LogP contribution in [0.2, 0.25) is 0 Å². The Labute approximate surface area is 118 Å². The van der Waals surface area contributed by atoms with Gasteiger partial charge < -0.3 is 5.11 Å². The van der Waals surface area contributed by atoms with Crippen LogP contribution in [0.4, 0.5) is 8.78 Å². The lowest BCUT2D eigenvalue weighted by Gasteiger charge is -2.17. The third-order valence-corrected chi connectivity index (χ3v) is 4.56. The molecule has 0 bridgehead atoms. The molecule has 0 aliphatic heterocycles. The Morgan fingerprint density at radius 3 is 1.65 bits per heavy atom. The van der Waals surface area contributed by atoms with Crippen LogP contribution in [0.15, 0.2) is 48.5 Å². The predicted octanol–water partition coefficient (Wildman–Crippen LogP) is 2.80. The number of hydrogen-bond acceptors (Lipinski definition) is 2. The topological polar surface area (TPSA) is 37.3 Å². The number of rotatable bonds is 5. The van der Waals surface area contributed by atoms with Crippen molar-refractivity contribution in [1.82, 2.24) is 0 Å². The fourth-order valence-corrected chi connectivity index (χ4v) is 3.32. The minimum atomic E-state index is -1.37. The van der Waals surface area contributed by atoms with E-state index >= 15 is 0 Å². The van der Waals surface area contributed by atoms with Gasteiger partial charge in [-0.3, -0.25) is 4.21 Å². The Bertz CT molecular complexity index is 536. The highest BCUT2D eigenvalue weighted by atomic mass is 32.2. The van der Waals surface area contributed by atoms with Gasteiger partial charge >= 0.3 is 0 Å². The Morgan fingerprint density at radius 1 is 0.900 bits per heavy atom. The van der Waals surface area contributed by atoms with Gasteiger partial charge in [-0.1, -0.05) is 24.3 Å². The molecule has 1 N–H and O–H groups in total. The van der Waals surface area contributed by atoms with Crippen LogP contribution in [0.3, 0.4) is 0 Å². The van der Waals surface area contributed by atoms with Crippen molar-refractivity contribution in [3.05, 3.63) is 71.3 Å². The van der Waals surface area contributed by atoms with Crippen molar-refractivity contribution in [3.63, 3.8) is 0 Å². The summed E-state index contributed by atoms with van der Waals surface area (Å²) >= 11 is 0. The molecule has 5 heteroatoms. The first-order chi connectivity index (χ1) is 9.61. The van der Waals surface area contributed by atoms with Crippen LogP contribution in [0.1, 0.15) is 16.4 Å². The van der Waals surface area contributed by atoms with Crippen LogP contribution >= 0.6 is 0 Å². The predicted molar refractivity (Wildman–Crippen MR) is 74.7 cm³/mol. The molecule has 1 atom stereocenters. The number of benzene rings is 2. The summed E-state index contributed by atoms with van der Waals surface area (Å²) in [6.07, 6.45) is 0. The Hall–Kier alpha value is -1.59. The zero-order valence-corrected chi connectivity index (χ0v) is 11.4. The van der Waals surface area contributed by atoms with Crippen LogP contribution in [0, 0.1) is 11.6 Å². The molecular formula is C15H14F2O2S. The van der Waals surface area contributed by atoms with Gasteiger partial charge in [0.05, 0.1) is 11.9 Å². The van der Waals surface area contributed by atoms with E-state index in [2.05, 4.69) is 0 Å². The first kappa shape index (κ1) is 14.8. The SMILES string of the molecule is O=[S@@](CCO)C(c1ccc(F)cc1)c1ccc(F)cc1. The molecule has 2 nitrogen and oxygen atoms in total. The molecule has 0 amide bonds. The fraction of sp³-hybridized carbons (Fsp3) is 0.200. The second kappa shape index (κ2) is 6.72. The van der Waals surface area contributed by atoms with E-state index in [1.807, 2.05) is 0 Å². The monoisotopic (exact) mass is 296 g/mol. The molecule has 0 aliphatic rings. The molecule has 0 radical (unpaired) electrons. The van der Waals surface area contributed by atoms with E-state index in [1.165, 1.54) is 24.3 Å². The molecular weight excluding hydrogens is 282 g/mol. The lowest BCUT2D eigenvalue weighted by molar-refractivity contribution is 0.321. The molecule has 0 spiro atoms. The second-order valence-corrected chi connectivity index (χ2v) is 5.93. The van der Waals surface area contributed by atoms with Gasteiger partial charge in [-0.2, -0.15) is 0 Å². The van der Waals surface area contributed by atoms with Crippen molar-refractivity contribution in [1.29, 1.82) is 0 Å². The van der Waals surface area contributed by atoms with Gasteiger partial charge in [0.25, 0.3) is 0 Å². The minimum absolute atomic E-state index is 0.111. The Kier molecular flexibility index (Phi) is 4.98. The highest BCUT2D eigenvalue weighted by Crippen LogP contribution is 2.28. The average Bonchev–Trinajstić information content (AvgIpc) is 2.44. The Balaban J connectivity index is 2.41. The lowest BCUT2D eigenvalue weighted by Crippen LogP contribution is -2.13. The standard InChI is InChI=1S/C15H14F2O2S/c16-13-5-1-11(2-6-13)15(20(19)10-9-18)12-3-7-14(17)8-4-12/h1-8,15,18H,9-10H2/t20-/m0/s1. The zero-order valence-electron chi connectivity index (χ0n) is 10.6.